The largest absolute Gasteiger partial charge is 0.444 e. The second-order valence-corrected chi connectivity index (χ2v) is 8.89. The molecule has 0 saturated carbocycles. The van der Waals surface area contributed by atoms with Crippen LogP contribution in [0.25, 0.3) is 0 Å². The number of carbonyl (C=O) groups is 2. The topological polar surface area (TPSA) is 99.7 Å². The lowest BCUT2D eigenvalue weighted by atomic mass is 10.2. The minimum atomic E-state index is -0.483. The molecular formula is C23H32N6O3. The Morgan fingerprint density at radius 2 is 1.84 bits per heavy atom. The van der Waals surface area contributed by atoms with Crippen molar-refractivity contribution in [1.29, 1.82) is 0 Å². The van der Waals surface area contributed by atoms with Gasteiger partial charge in [0.05, 0.1) is 24.1 Å². The number of carbonyl (C=O) groups excluding carboxylic acids is 2. The van der Waals surface area contributed by atoms with Crippen molar-refractivity contribution in [3.05, 3.63) is 53.6 Å². The lowest BCUT2D eigenvalue weighted by Gasteiger charge is -2.35. The van der Waals surface area contributed by atoms with Gasteiger partial charge in [0.2, 0.25) is 0 Å². The van der Waals surface area contributed by atoms with Crippen LogP contribution in [-0.4, -0.2) is 63.7 Å². The lowest BCUT2D eigenvalue weighted by molar-refractivity contribution is 0.0139. The number of pyridine rings is 2. The zero-order valence-electron chi connectivity index (χ0n) is 19.2. The van der Waals surface area contributed by atoms with E-state index in [4.69, 9.17) is 4.74 Å². The number of piperazine rings is 1. The molecule has 9 nitrogen and oxygen atoms in total. The fourth-order valence-electron chi connectivity index (χ4n) is 3.28. The number of hydrogen-bond donors (Lipinski definition) is 2. The van der Waals surface area contributed by atoms with Gasteiger partial charge in [0.1, 0.15) is 5.60 Å². The summed E-state index contributed by atoms with van der Waals surface area (Å²) < 4.78 is 5.45. The van der Waals surface area contributed by atoms with E-state index in [0.29, 0.717) is 25.3 Å². The Morgan fingerprint density at radius 1 is 1.09 bits per heavy atom. The van der Waals surface area contributed by atoms with E-state index in [0.717, 1.165) is 36.6 Å². The number of nitrogens with one attached hydrogen (secondary N) is 2. The molecule has 32 heavy (non-hydrogen) atoms. The molecule has 3 rings (SSSR count). The molecule has 2 aromatic rings. The molecular weight excluding hydrogens is 408 g/mol. The van der Waals surface area contributed by atoms with Gasteiger partial charge in [-0.05, 0) is 57.5 Å². The first-order valence-corrected chi connectivity index (χ1v) is 10.8. The first kappa shape index (κ1) is 23.5. The molecule has 1 saturated heterocycles. The highest BCUT2D eigenvalue weighted by Gasteiger charge is 2.25. The van der Waals surface area contributed by atoms with Gasteiger partial charge in [-0.2, -0.15) is 0 Å². The number of amides is 3. The predicted molar refractivity (Wildman–Crippen MR) is 122 cm³/mol. The first-order chi connectivity index (χ1) is 15.2. The Labute approximate surface area is 189 Å². The fraction of sp³-hybridized carbons (Fsp3) is 0.478. The molecule has 172 valence electrons. The van der Waals surface area contributed by atoms with Gasteiger partial charge in [0.15, 0.2) is 0 Å². The molecule has 0 unspecified atom stereocenters. The molecule has 9 heteroatoms. The van der Waals surface area contributed by atoms with Crippen molar-refractivity contribution >= 4 is 17.8 Å². The third kappa shape index (κ3) is 7.49. The number of nitrogens with zero attached hydrogens (tertiary/aromatic N) is 4. The number of anilines is 1. The quantitative estimate of drug-likeness (QED) is 0.741. The highest BCUT2D eigenvalue weighted by Crippen LogP contribution is 2.14. The second-order valence-electron chi connectivity index (χ2n) is 8.89. The van der Waals surface area contributed by atoms with Crippen LogP contribution >= 0.6 is 0 Å². The Hall–Kier alpha value is -3.20. The van der Waals surface area contributed by atoms with Gasteiger partial charge in [0.25, 0.3) is 0 Å². The molecule has 3 amide bonds. The SMILES string of the molecule is Cc1ccc(NC(=O)NCc2cc(CN3CCN(C(=O)OC(C)(C)C)CC3)ccn2)cn1. The maximum atomic E-state index is 12.2. The molecule has 2 N–H and O–H groups in total. The van der Waals surface area contributed by atoms with Crippen LogP contribution in [0.3, 0.4) is 0 Å². The standard InChI is InChI=1S/C23H32N6O3/c1-17-5-6-19(14-25-17)27-21(30)26-15-20-13-18(7-8-24-20)16-28-9-11-29(12-10-28)22(31)32-23(2,3)4/h5-8,13-14H,9-12,15-16H2,1-4H3,(H2,26,27,30). The van der Waals surface area contributed by atoms with Crippen molar-refractivity contribution < 1.29 is 14.3 Å². The van der Waals surface area contributed by atoms with Gasteiger partial charge in [-0.1, -0.05) is 0 Å². The number of ether oxygens (including phenoxy) is 1. The molecule has 0 radical (unpaired) electrons. The summed E-state index contributed by atoms with van der Waals surface area (Å²) in [5.74, 6) is 0. The lowest BCUT2D eigenvalue weighted by Crippen LogP contribution is -2.49. The first-order valence-electron chi connectivity index (χ1n) is 10.8. The maximum absolute atomic E-state index is 12.2. The maximum Gasteiger partial charge on any atom is 0.410 e. The van der Waals surface area contributed by atoms with Crippen molar-refractivity contribution in [2.45, 2.75) is 46.4 Å². The number of hydrogen-bond acceptors (Lipinski definition) is 6. The fourth-order valence-corrected chi connectivity index (χ4v) is 3.28. The zero-order valence-corrected chi connectivity index (χ0v) is 19.2. The summed E-state index contributed by atoms with van der Waals surface area (Å²) in [6.45, 7) is 11.4. The van der Waals surface area contributed by atoms with E-state index in [9.17, 15) is 9.59 Å². The van der Waals surface area contributed by atoms with Gasteiger partial charge in [-0.3, -0.25) is 14.9 Å². The highest BCUT2D eigenvalue weighted by molar-refractivity contribution is 5.88. The summed E-state index contributed by atoms with van der Waals surface area (Å²) >= 11 is 0. The number of urea groups is 1. The molecule has 1 aliphatic rings. The third-order valence-electron chi connectivity index (χ3n) is 4.91. The van der Waals surface area contributed by atoms with Crippen LogP contribution in [0.1, 0.15) is 37.7 Å². The number of aryl methyl sites for hydroxylation is 1. The molecule has 1 aliphatic heterocycles. The summed E-state index contributed by atoms with van der Waals surface area (Å²) in [5, 5.41) is 5.57. The Morgan fingerprint density at radius 3 is 2.50 bits per heavy atom. The molecule has 0 bridgehead atoms. The molecule has 0 aromatic carbocycles. The highest BCUT2D eigenvalue weighted by atomic mass is 16.6. The van der Waals surface area contributed by atoms with Gasteiger partial charge in [0, 0.05) is 44.6 Å². The van der Waals surface area contributed by atoms with Crippen molar-refractivity contribution in [2.75, 3.05) is 31.5 Å². The van der Waals surface area contributed by atoms with E-state index in [-0.39, 0.29) is 12.1 Å². The van der Waals surface area contributed by atoms with E-state index in [1.54, 1.807) is 17.3 Å². The van der Waals surface area contributed by atoms with E-state index in [2.05, 4.69) is 25.5 Å². The van der Waals surface area contributed by atoms with E-state index in [1.165, 1.54) is 0 Å². The van der Waals surface area contributed by atoms with Crippen LogP contribution in [-0.2, 0) is 17.8 Å². The molecule has 0 aliphatic carbocycles. The second kappa shape index (κ2) is 10.4. The number of aromatic nitrogens is 2. The third-order valence-corrected chi connectivity index (χ3v) is 4.91. The predicted octanol–water partition coefficient (Wildman–Crippen LogP) is 3.16. The summed E-state index contributed by atoms with van der Waals surface area (Å²) in [6.07, 6.45) is 3.12. The van der Waals surface area contributed by atoms with Crippen LogP contribution in [0.4, 0.5) is 15.3 Å². The van der Waals surface area contributed by atoms with Crippen molar-refractivity contribution in [2.24, 2.45) is 0 Å². The van der Waals surface area contributed by atoms with Gasteiger partial charge in [-0.15, -0.1) is 0 Å². The molecule has 1 fully saturated rings. The normalized spacial score (nSPS) is 14.7. The van der Waals surface area contributed by atoms with Crippen molar-refractivity contribution in [3.63, 3.8) is 0 Å². The molecule has 2 aromatic heterocycles. The smallest absolute Gasteiger partial charge is 0.410 e. The van der Waals surface area contributed by atoms with Crippen molar-refractivity contribution in [1.82, 2.24) is 25.1 Å². The van der Waals surface area contributed by atoms with E-state index >= 15 is 0 Å². The van der Waals surface area contributed by atoms with Crippen LogP contribution < -0.4 is 10.6 Å². The molecule has 0 spiro atoms. The molecule has 0 atom stereocenters. The van der Waals surface area contributed by atoms with Crippen LogP contribution in [0, 0.1) is 6.92 Å². The summed E-state index contributed by atoms with van der Waals surface area (Å²) in [4.78, 5) is 36.9. The van der Waals surface area contributed by atoms with E-state index < -0.39 is 5.60 Å². The van der Waals surface area contributed by atoms with E-state index in [1.807, 2.05) is 52.0 Å². The minimum absolute atomic E-state index is 0.255. The minimum Gasteiger partial charge on any atom is -0.444 e. The van der Waals surface area contributed by atoms with Gasteiger partial charge >= 0.3 is 12.1 Å². The van der Waals surface area contributed by atoms with Crippen LogP contribution in [0.2, 0.25) is 0 Å². The number of rotatable bonds is 5. The Balaban J connectivity index is 1.44. The van der Waals surface area contributed by atoms with Gasteiger partial charge in [-0.25, -0.2) is 9.59 Å². The van der Waals surface area contributed by atoms with Crippen LogP contribution in [0.5, 0.6) is 0 Å². The van der Waals surface area contributed by atoms with Gasteiger partial charge < -0.3 is 20.3 Å². The summed E-state index contributed by atoms with van der Waals surface area (Å²) in [7, 11) is 0. The zero-order chi connectivity index (χ0) is 23.1. The van der Waals surface area contributed by atoms with Crippen molar-refractivity contribution in [3.8, 4) is 0 Å². The summed E-state index contributed by atoms with van der Waals surface area (Å²) in [5.41, 5.74) is 2.95. The average molecular weight is 441 g/mol. The molecule has 3 heterocycles. The Bertz CT molecular complexity index is 918. The summed E-state index contributed by atoms with van der Waals surface area (Å²) in [6, 6.07) is 7.31. The monoisotopic (exact) mass is 440 g/mol. The van der Waals surface area contributed by atoms with Crippen LogP contribution in [0.15, 0.2) is 36.7 Å². The average Bonchev–Trinajstić information content (AvgIpc) is 2.73. The Kier molecular flexibility index (Phi) is 7.63.